The van der Waals surface area contributed by atoms with Gasteiger partial charge < -0.3 is 5.11 Å². The number of carboxylic acids is 1. The number of carboxylic acid groups (broad SMARTS) is 1. The average molecular weight is 322 g/mol. The molecule has 0 radical (unpaired) electrons. The predicted octanol–water partition coefficient (Wildman–Crippen LogP) is 3.54. The molecule has 1 atom stereocenters. The van der Waals surface area contributed by atoms with E-state index in [1.54, 1.807) is 12.1 Å². The number of halogens is 1. The highest BCUT2D eigenvalue weighted by Crippen LogP contribution is 2.23. The Balaban J connectivity index is 1.99. The molecule has 22 heavy (non-hydrogen) atoms. The number of rotatable bonds is 7. The van der Waals surface area contributed by atoms with Crippen LogP contribution in [-0.4, -0.2) is 22.1 Å². The molecule has 1 aromatic heterocycles. The quantitative estimate of drug-likeness (QED) is 0.818. The van der Waals surface area contributed by atoms with Gasteiger partial charge in [0.1, 0.15) is 16.9 Å². The van der Waals surface area contributed by atoms with E-state index in [1.165, 1.54) is 23.5 Å². The molecule has 2 rings (SSSR count). The average Bonchev–Trinajstić information content (AvgIpc) is 2.92. The highest BCUT2D eigenvalue weighted by atomic mass is 32.1. The first-order valence-electron chi connectivity index (χ1n) is 7.12. The van der Waals surface area contributed by atoms with Crippen LogP contribution in [0.25, 0.3) is 10.6 Å². The number of aliphatic carboxylic acids is 1. The van der Waals surface area contributed by atoms with Crippen molar-refractivity contribution in [1.29, 1.82) is 0 Å². The van der Waals surface area contributed by atoms with E-state index in [4.69, 9.17) is 0 Å². The van der Waals surface area contributed by atoms with E-state index in [9.17, 15) is 14.3 Å². The Morgan fingerprint density at radius 2 is 2.05 bits per heavy atom. The SMILES string of the molecule is CC(C)C[C@@H](NCc1csc(-c2ccc(F)cc2)n1)C(=O)O. The van der Waals surface area contributed by atoms with Crippen LogP contribution in [0.4, 0.5) is 4.39 Å². The molecular formula is C16H19FN2O2S. The maximum absolute atomic E-state index is 12.9. The predicted molar refractivity (Wildman–Crippen MR) is 85.2 cm³/mol. The van der Waals surface area contributed by atoms with E-state index in [1.807, 2.05) is 19.2 Å². The summed E-state index contributed by atoms with van der Waals surface area (Å²) in [5.41, 5.74) is 1.65. The lowest BCUT2D eigenvalue weighted by Crippen LogP contribution is -2.37. The number of hydrogen-bond acceptors (Lipinski definition) is 4. The molecule has 0 spiro atoms. The second kappa shape index (κ2) is 7.47. The van der Waals surface area contributed by atoms with E-state index in [2.05, 4.69) is 10.3 Å². The van der Waals surface area contributed by atoms with Crippen molar-refractivity contribution in [2.75, 3.05) is 0 Å². The van der Waals surface area contributed by atoms with Gasteiger partial charge in [0.2, 0.25) is 0 Å². The first-order chi connectivity index (χ1) is 10.5. The fourth-order valence-electron chi connectivity index (χ4n) is 2.08. The van der Waals surface area contributed by atoms with Crippen LogP contribution in [0, 0.1) is 11.7 Å². The smallest absolute Gasteiger partial charge is 0.320 e. The zero-order valence-electron chi connectivity index (χ0n) is 12.5. The van der Waals surface area contributed by atoms with Gasteiger partial charge in [0.25, 0.3) is 0 Å². The van der Waals surface area contributed by atoms with Gasteiger partial charge in [-0.25, -0.2) is 9.37 Å². The summed E-state index contributed by atoms with van der Waals surface area (Å²) in [6, 6.07) is 5.60. The van der Waals surface area contributed by atoms with Crippen LogP contribution in [0.15, 0.2) is 29.6 Å². The Bertz CT molecular complexity index is 625. The van der Waals surface area contributed by atoms with Crippen molar-refractivity contribution in [3.05, 3.63) is 41.2 Å². The van der Waals surface area contributed by atoms with Gasteiger partial charge in [-0.15, -0.1) is 11.3 Å². The molecule has 4 nitrogen and oxygen atoms in total. The van der Waals surface area contributed by atoms with Gasteiger partial charge in [0.15, 0.2) is 0 Å². The standard InChI is InChI=1S/C16H19FN2O2S/c1-10(2)7-14(16(20)21)18-8-13-9-22-15(19-13)11-3-5-12(17)6-4-11/h3-6,9-10,14,18H,7-8H2,1-2H3,(H,20,21)/t14-/m1/s1. The Hall–Kier alpha value is -1.79. The molecule has 2 aromatic rings. The number of benzene rings is 1. The molecule has 0 aliphatic heterocycles. The van der Waals surface area contributed by atoms with Crippen molar-refractivity contribution in [2.24, 2.45) is 5.92 Å². The van der Waals surface area contributed by atoms with Gasteiger partial charge in [-0.05, 0) is 36.6 Å². The van der Waals surface area contributed by atoms with Crippen molar-refractivity contribution in [2.45, 2.75) is 32.9 Å². The molecule has 2 N–H and O–H groups in total. The summed E-state index contributed by atoms with van der Waals surface area (Å²) in [4.78, 5) is 15.7. The Kier molecular flexibility index (Phi) is 5.63. The minimum atomic E-state index is -0.845. The number of thiazole rings is 1. The molecule has 0 fully saturated rings. The molecular weight excluding hydrogens is 303 g/mol. The summed E-state index contributed by atoms with van der Waals surface area (Å²) in [5, 5.41) is 14.9. The van der Waals surface area contributed by atoms with Crippen LogP contribution < -0.4 is 5.32 Å². The molecule has 6 heteroatoms. The molecule has 0 saturated carbocycles. The van der Waals surface area contributed by atoms with Crippen LogP contribution in [-0.2, 0) is 11.3 Å². The number of nitrogens with zero attached hydrogens (tertiary/aromatic N) is 1. The van der Waals surface area contributed by atoms with Crippen LogP contribution in [0.2, 0.25) is 0 Å². The number of nitrogens with one attached hydrogen (secondary N) is 1. The monoisotopic (exact) mass is 322 g/mol. The maximum Gasteiger partial charge on any atom is 0.320 e. The van der Waals surface area contributed by atoms with Gasteiger partial charge in [0, 0.05) is 17.5 Å². The summed E-state index contributed by atoms with van der Waals surface area (Å²) in [6.45, 7) is 4.39. The maximum atomic E-state index is 12.9. The van der Waals surface area contributed by atoms with Gasteiger partial charge >= 0.3 is 5.97 Å². The lowest BCUT2D eigenvalue weighted by atomic mass is 10.0. The summed E-state index contributed by atoms with van der Waals surface area (Å²) in [5.74, 6) is -0.818. The minimum absolute atomic E-state index is 0.278. The lowest BCUT2D eigenvalue weighted by Gasteiger charge is -2.15. The summed E-state index contributed by atoms with van der Waals surface area (Å²) >= 11 is 1.46. The van der Waals surface area contributed by atoms with Gasteiger partial charge in [-0.3, -0.25) is 10.1 Å². The fraction of sp³-hybridized carbons (Fsp3) is 0.375. The molecule has 0 bridgehead atoms. The number of hydrogen-bond donors (Lipinski definition) is 2. The molecule has 118 valence electrons. The van der Waals surface area contributed by atoms with Crippen LogP contribution in [0.1, 0.15) is 26.0 Å². The molecule has 1 aromatic carbocycles. The van der Waals surface area contributed by atoms with E-state index in [-0.39, 0.29) is 5.82 Å². The molecule has 0 aliphatic carbocycles. The van der Waals surface area contributed by atoms with Crippen molar-refractivity contribution >= 4 is 17.3 Å². The number of aromatic nitrogens is 1. The first kappa shape index (κ1) is 16.6. The topological polar surface area (TPSA) is 62.2 Å². The number of carbonyl (C=O) groups is 1. The molecule has 0 unspecified atom stereocenters. The lowest BCUT2D eigenvalue weighted by molar-refractivity contribution is -0.140. The third kappa shape index (κ3) is 4.61. The zero-order chi connectivity index (χ0) is 16.1. The summed E-state index contributed by atoms with van der Waals surface area (Å²) < 4.78 is 12.9. The Labute approximate surface area is 133 Å². The van der Waals surface area contributed by atoms with E-state index in [0.717, 1.165) is 16.3 Å². The molecule has 0 saturated heterocycles. The van der Waals surface area contributed by atoms with E-state index >= 15 is 0 Å². The fourth-order valence-corrected chi connectivity index (χ4v) is 2.91. The largest absolute Gasteiger partial charge is 0.480 e. The van der Waals surface area contributed by atoms with E-state index < -0.39 is 12.0 Å². The van der Waals surface area contributed by atoms with Crippen molar-refractivity contribution < 1.29 is 14.3 Å². The van der Waals surface area contributed by atoms with Crippen molar-refractivity contribution in [1.82, 2.24) is 10.3 Å². The second-order valence-electron chi connectivity index (χ2n) is 5.55. The molecule has 0 amide bonds. The van der Waals surface area contributed by atoms with Gasteiger partial charge in [-0.2, -0.15) is 0 Å². The van der Waals surface area contributed by atoms with Crippen LogP contribution in [0.3, 0.4) is 0 Å². The first-order valence-corrected chi connectivity index (χ1v) is 8.00. The highest BCUT2D eigenvalue weighted by molar-refractivity contribution is 7.13. The van der Waals surface area contributed by atoms with Crippen molar-refractivity contribution in [3.63, 3.8) is 0 Å². The van der Waals surface area contributed by atoms with E-state index in [0.29, 0.717) is 18.9 Å². The van der Waals surface area contributed by atoms with Crippen LogP contribution in [0.5, 0.6) is 0 Å². The van der Waals surface area contributed by atoms with Crippen molar-refractivity contribution in [3.8, 4) is 10.6 Å². The zero-order valence-corrected chi connectivity index (χ0v) is 13.4. The van der Waals surface area contributed by atoms with Gasteiger partial charge in [0.05, 0.1) is 5.69 Å². The third-order valence-corrected chi connectivity index (χ3v) is 4.12. The minimum Gasteiger partial charge on any atom is -0.480 e. The Morgan fingerprint density at radius 3 is 2.64 bits per heavy atom. The second-order valence-corrected chi connectivity index (χ2v) is 6.41. The molecule has 0 aliphatic rings. The summed E-state index contributed by atoms with van der Waals surface area (Å²) in [6.07, 6.45) is 0.574. The highest BCUT2D eigenvalue weighted by Gasteiger charge is 2.18. The van der Waals surface area contributed by atoms with Crippen LogP contribution >= 0.6 is 11.3 Å². The molecule has 1 heterocycles. The normalized spacial score (nSPS) is 12.5. The third-order valence-electron chi connectivity index (χ3n) is 3.18. The summed E-state index contributed by atoms with van der Waals surface area (Å²) in [7, 11) is 0. The Morgan fingerprint density at radius 1 is 1.36 bits per heavy atom. The van der Waals surface area contributed by atoms with Gasteiger partial charge in [-0.1, -0.05) is 13.8 Å².